The minimum atomic E-state index is -0.509. The van der Waals surface area contributed by atoms with Crippen molar-refractivity contribution in [2.75, 3.05) is 13.7 Å². The lowest BCUT2D eigenvalue weighted by molar-refractivity contribution is 0.0514. The van der Waals surface area contributed by atoms with E-state index in [1.54, 1.807) is 26.2 Å². The number of nitrogens with zero attached hydrogens (tertiary/aromatic N) is 1. The molecule has 0 radical (unpaired) electrons. The van der Waals surface area contributed by atoms with Crippen LogP contribution in [0.5, 0.6) is 11.5 Å². The molecule has 6 nitrogen and oxygen atoms in total. The number of benzene rings is 2. The van der Waals surface area contributed by atoms with E-state index in [-0.39, 0.29) is 18.9 Å². The zero-order valence-electron chi connectivity index (χ0n) is 15.4. The van der Waals surface area contributed by atoms with Gasteiger partial charge in [0, 0.05) is 16.7 Å². The number of hydrogen-bond donors (Lipinski definition) is 1. The second-order valence-electron chi connectivity index (χ2n) is 6.25. The highest BCUT2D eigenvalue weighted by Crippen LogP contribution is 2.45. The molecule has 2 aromatic carbocycles. The van der Waals surface area contributed by atoms with Crippen LogP contribution in [0, 0.1) is 0 Å². The molecule has 29 heavy (non-hydrogen) atoms. The number of rotatable bonds is 4. The zero-order valence-corrected chi connectivity index (χ0v) is 18.5. The number of carbonyl (C=O) groups is 1. The fourth-order valence-electron chi connectivity index (χ4n) is 3.21. The molecule has 1 aromatic heterocycles. The molecule has 0 fully saturated rings. The fraction of sp³-hybridized carbons (Fsp3) is 0.200. The van der Waals surface area contributed by atoms with Crippen molar-refractivity contribution in [3.8, 4) is 33.9 Å². The van der Waals surface area contributed by atoms with E-state index in [1.807, 2.05) is 12.1 Å². The van der Waals surface area contributed by atoms with Gasteiger partial charge in [-0.15, -0.1) is 0 Å². The van der Waals surface area contributed by atoms with Crippen molar-refractivity contribution in [1.29, 1.82) is 0 Å². The summed E-state index contributed by atoms with van der Waals surface area (Å²) in [6.45, 7) is 2.27. The smallest absolute Gasteiger partial charge is 0.360 e. The van der Waals surface area contributed by atoms with Crippen LogP contribution >= 0.6 is 39.1 Å². The molecule has 1 aliphatic rings. The molecule has 0 unspecified atom stereocenters. The fourth-order valence-corrected chi connectivity index (χ4v) is 3.93. The molecule has 0 spiro atoms. The van der Waals surface area contributed by atoms with E-state index in [0.717, 1.165) is 22.3 Å². The molecule has 0 saturated heterocycles. The number of carbonyl (C=O) groups excluding carboxylic acids is 1. The van der Waals surface area contributed by atoms with Crippen molar-refractivity contribution in [2.45, 2.75) is 13.5 Å². The monoisotopic (exact) mass is 496 g/mol. The van der Waals surface area contributed by atoms with E-state index in [9.17, 15) is 4.79 Å². The van der Waals surface area contributed by atoms with Gasteiger partial charge < -0.3 is 14.2 Å². The maximum absolute atomic E-state index is 12.2. The Hall–Kier alpha value is -2.22. The summed E-state index contributed by atoms with van der Waals surface area (Å²) in [5.41, 5.74) is 4.01. The summed E-state index contributed by atoms with van der Waals surface area (Å²) < 4.78 is 17.1. The molecule has 0 amide bonds. The highest BCUT2D eigenvalue weighted by Gasteiger charge is 2.29. The first kappa shape index (κ1) is 20.1. The average Bonchev–Trinajstić information content (AvgIpc) is 3.15. The number of halogens is 3. The minimum absolute atomic E-state index is 0.194. The summed E-state index contributed by atoms with van der Waals surface area (Å²) in [7, 11) is 1.59. The van der Waals surface area contributed by atoms with Gasteiger partial charge in [-0.1, -0.05) is 23.2 Å². The van der Waals surface area contributed by atoms with E-state index < -0.39 is 5.97 Å². The topological polar surface area (TPSA) is 73.4 Å². The van der Waals surface area contributed by atoms with Crippen LogP contribution in [-0.2, 0) is 11.3 Å². The predicted octanol–water partition coefficient (Wildman–Crippen LogP) is 5.89. The van der Waals surface area contributed by atoms with Gasteiger partial charge in [0.25, 0.3) is 0 Å². The molecular formula is C20H15BrCl2N2O4. The van der Waals surface area contributed by atoms with Gasteiger partial charge in [0.15, 0.2) is 11.4 Å². The van der Waals surface area contributed by atoms with E-state index >= 15 is 0 Å². The van der Waals surface area contributed by atoms with E-state index in [2.05, 4.69) is 26.1 Å². The molecule has 4 rings (SSSR count). The molecule has 9 heteroatoms. The molecular weight excluding hydrogens is 483 g/mol. The number of fused-ring (bicyclic) bond motifs is 3. The zero-order chi connectivity index (χ0) is 20.7. The van der Waals surface area contributed by atoms with Gasteiger partial charge in [-0.2, -0.15) is 5.10 Å². The van der Waals surface area contributed by atoms with E-state index in [0.29, 0.717) is 31.7 Å². The van der Waals surface area contributed by atoms with Gasteiger partial charge >= 0.3 is 5.97 Å². The second-order valence-corrected chi connectivity index (χ2v) is 7.86. The van der Waals surface area contributed by atoms with Crippen molar-refractivity contribution in [2.24, 2.45) is 0 Å². The van der Waals surface area contributed by atoms with Crippen LogP contribution in [0.15, 0.2) is 28.7 Å². The van der Waals surface area contributed by atoms with Gasteiger partial charge in [-0.3, -0.25) is 5.10 Å². The Morgan fingerprint density at radius 1 is 1.24 bits per heavy atom. The van der Waals surface area contributed by atoms with Crippen LogP contribution in [-0.4, -0.2) is 29.9 Å². The number of ether oxygens (including phenoxy) is 3. The Morgan fingerprint density at radius 2 is 1.97 bits per heavy atom. The Balaban J connectivity index is 1.87. The summed E-state index contributed by atoms with van der Waals surface area (Å²) in [5.74, 6) is 0.509. The van der Waals surface area contributed by atoms with E-state index in [4.69, 9.17) is 37.4 Å². The molecule has 3 aromatic rings. The van der Waals surface area contributed by atoms with Crippen LogP contribution < -0.4 is 9.47 Å². The van der Waals surface area contributed by atoms with Crippen molar-refractivity contribution in [3.05, 3.63) is 50.0 Å². The van der Waals surface area contributed by atoms with Gasteiger partial charge in [0.1, 0.15) is 18.1 Å². The van der Waals surface area contributed by atoms with Crippen molar-refractivity contribution < 1.29 is 19.0 Å². The molecule has 0 atom stereocenters. The van der Waals surface area contributed by atoms with Crippen molar-refractivity contribution >= 4 is 45.1 Å². The number of H-pyrrole nitrogens is 1. The van der Waals surface area contributed by atoms with Gasteiger partial charge in [0.2, 0.25) is 0 Å². The second kappa shape index (κ2) is 7.89. The first-order valence-corrected chi connectivity index (χ1v) is 10.2. The lowest BCUT2D eigenvalue weighted by atomic mass is 9.95. The third kappa shape index (κ3) is 3.47. The van der Waals surface area contributed by atoms with Crippen LogP contribution in [0.3, 0.4) is 0 Å². The number of nitrogens with one attached hydrogen (secondary N) is 1. The third-order valence-corrected chi connectivity index (χ3v) is 6.46. The number of aromatic nitrogens is 2. The molecule has 1 aliphatic heterocycles. The number of methoxy groups -OCH3 is 1. The largest absolute Gasteiger partial charge is 0.496 e. The predicted molar refractivity (Wildman–Crippen MR) is 114 cm³/mol. The number of esters is 1. The Morgan fingerprint density at radius 3 is 2.62 bits per heavy atom. The van der Waals surface area contributed by atoms with Crippen LogP contribution in [0.2, 0.25) is 10.0 Å². The Kier molecular flexibility index (Phi) is 5.46. The maximum atomic E-state index is 12.2. The molecule has 150 valence electrons. The van der Waals surface area contributed by atoms with Crippen molar-refractivity contribution in [3.63, 3.8) is 0 Å². The quantitative estimate of drug-likeness (QED) is 0.359. The molecule has 1 N–H and O–H groups in total. The normalized spacial score (nSPS) is 12.0. The summed E-state index contributed by atoms with van der Waals surface area (Å²) in [6, 6.07) is 7.42. The Labute approximate surface area is 185 Å². The van der Waals surface area contributed by atoms with Crippen molar-refractivity contribution in [1.82, 2.24) is 10.2 Å². The summed E-state index contributed by atoms with van der Waals surface area (Å²) in [6.07, 6.45) is 0. The van der Waals surface area contributed by atoms with Gasteiger partial charge in [-0.05, 0) is 52.7 Å². The first-order valence-electron chi connectivity index (χ1n) is 8.69. The number of hydrogen-bond acceptors (Lipinski definition) is 5. The molecule has 0 bridgehead atoms. The summed E-state index contributed by atoms with van der Waals surface area (Å²) >= 11 is 16.0. The van der Waals surface area contributed by atoms with E-state index in [1.165, 1.54) is 0 Å². The lowest BCUT2D eigenvalue weighted by Gasteiger charge is -2.20. The molecule has 0 aliphatic carbocycles. The highest BCUT2D eigenvalue weighted by molar-refractivity contribution is 9.10. The summed E-state index contributed by atoms with van der Waals surface area (Å²) in [4.78, 5) is 12.2. The Bertz CT molecular complexity index is 1110. The molecule has 0 saturated carbocycles. The minimum Gasteiger partial charge on any atom is -0.496 e. The maximum Gasteiger partial charge on any atom is 0.360 e. The standard InChI is InChI=1S/C20H15BrCl2N2O4/c1-3-28-20(26)18-19-17(24-25-18)12-7-11(15(27-2)6-10(12)8-29-19)9-4-13(22)16(21)14(23)5-9/h4-7H,3,8H2,1-2H3,(H,24,25). The van der Waals surface area contributed by atoms with Gasteiger partial charge in [0.05, 0.1) is 28.2 Å². The lowest BCUT2D eigenvalue weighted by Crippen LogP contribution is -2.10. The SMILES string of the molecule is CCOC(=O)c1[nH]nc2c1OCc1cc(OC)c(-c3cc(Cl)c(Br)c(Cl)c3)cc1-2. The molecule has 2 heterocycles. The van der Waals surface area contributed by atoms with Crippen LogP contribution in [0.4, 0.5) is 0 Å². The number of aromatic amines is 1. The third-order valence-electron chi connectivity index (χ3n) is 4.55. The summed E-state index contributed by atoms with van der Waals surface area (Å²) in [5, 5.41) is 7.99. The van der Waals surface area contributed by atoms with Gasteiger partial charge in [-0.25, -0.2) is 4.79 Å². The highest BCUT2D eigenvalue weighted by atomic mass is 79.9. The van der Waals surface area contributed by atoms with Crippen LogP contribution in [0.25, 0.3) is 22.4 Å². The average molecular weight is 498 g/mol. The van der Waals surface area contributed by atoms with Crippen LogP contribution in [0.1, 0.15) is 23.0 Å². The first-order chi connectivity index (χ1) is 13.9.